The van der Waals surface area contributed by atoms with Crippen LogP contribution in [0.5, 0.6) is 11.5 Å². The Morgan fingerprint density at radius 1 is 1.05 bits per heavy atom. The Bertz CT molecular complexity index is 589. The van der Waals surface area contributed by atoms with Crippen LogP contribution in [0.2, 0.25) is 0 Å². The van der Waals surface area contributed by atoms with E-state index in [1.54, 1.807) is 14.2 Å². The molecule has 7 heteroatoms. The number of hydrogen-bond acceptors (Lipinski definition) is 6. The Hall–Kier alpha value is -2.02. The first-order chi connectivity index (χ1) is 9.56. The van der Waals surface area contributed by atoms with E-state index in [1.807, 2.05) is 12.1 Å². The van der Waals surface area contributed by atoms with Crippen molar-refractivity contribution in [2.24, 2.45) is 0 Å². The van der Waals surface area contributed by atoms with Crippen molar-refractivity contribution in [3.8, 4) is 11.5 Å². The number of anilines is 2. The number of nitrogens with two attached hydrogens (primary N) is 2. The third kappa shape index (κ3) is 2.77. The molecule has 2 rings (SSSR count). The van der Waals surface area contributed by atoms with Crippen LogP contribution in [0.3, 0.4) is 0 Å². The molecule has 106 valence electrons. The van der Waals surface area contributed by atoms with Crippen molar-refractivity contribution in [2.45, 2.75) is 6.42 Å². The molecule has 0 bridgehead atoms. The van der Waals surface area contributed by atoms with Crippen LogP contribution in [0.4, 0.5) is 11.6 Å². The molecule has 0 saturated carbocycles. The quantitative estimate of drug-likeness (QED) is 0.885. The molecule has 0 unspecified atom stereocenters. The van der Waals surface area contributed by atoms with Gasteiger partial charge in [0.05, 0.1) is 14.2 Å². The van der Waals surface area contributed by atoms with Crippen LogP contribution in [-0.4, -0.2) is 24.2 Å². The van der Waals surface area contributed by atoms with Gasteiger partial charge in [-0.25, -0.2) is 9.97 Å². The fraction of sp³-hybridized carbons (Fsp3) is 0.231. The summed E-state index contributed by atoms with van der Waals surface area (Å²) in [6.07, 6.45) is 1.84. The number of rotatable bonds is 4. The summed E-state index contributed by atoms with van der Waals surface area (Å²) < 4.78 is 11.4. The molecular formula is C13H15BrN4O2. The highest BCUT2D eigenvalue weighted by molar-refractivity contribution is 9.10. The fourth-order valence-corrected chi connectivity index (χ4v) is 2.40. The number of hydrogen-bond donors (Lipinski definition) is 2. The van der Waals surface area contributed by atoms with E-state index in [0.717, 1.165) is 10.0 Å². The minimum Gasteiger partial charge on any atom is -0.495 e. The molecule has 0 radical (unpaired) electrons. The first kappa shape index (κ1) is 14.4. The molecule has 0 atom stereocenters. The number of ether oxygens (including phenoxy) is 2. The summed E-state index contributed by atoms with van der Waals surface area (Å²) in [6, 6.07) is 3.77. The molecule has 6 nitrogen and oxygen atoms in total. The van der Waals surface area contributed by atoms with Crippen molar-refractivity contribution in [1.82, 2.24) is 9.97 Å². The van der Waals surface area contributed by atoms with Gasteiger partial charge in [0, 0.05) is 12.0 Å². The predicted octanol–water partition coefficient (Wildman–Crippen LogP) is 2.01. The highest BCUT2D eigenvalue weighted by atomic mass is 79.9. The Labute approximate surface area is 125 Å². The van der Waals surface area contributed by atoms with Crippen molar-refractivity contribution in [2.75, 3.05) is 25.7 Å². The standard InChI is InChI=1S/C13H15BrN4O2/c1-19-9-4-7(5-10(20-2)11(9)14)3-8-12(15)17-6-18-13(8)16/h4-6H,3H2,1-2H3,(H4,15,16,17,18). The van der Waals surface area contributed by atoms with E-state index in [4.69, 9.17) is 20.9 Å². The molecule has 0 aliphatic heterocycles. The van der Waals surface area contributed by atoms with Gasteiger partial charge in [-0.1, -0.05) is 0 Å². The van der Waals surface area contributed by atoms with Crippen molar-refractivity contribution in [3.63, 3.8) is 0 Å². The molecule has 1 aromatic heterocycles. The van der Waals surface area contributed by atoms with Gasteiger partial charge in [-0.05, 0) is 33.6 Å². The monoisotopic (exact) mass is 338 g/mol. The van der Waals surface area contributed by atoms with Crippen LogP contribution < -0.4 is 20.9 Å². The van der Waals surface area contributed by atoms with Gasteiger partial charge >= 0.3 is 0 Å². The number of nitrogens with zero attached hydrogens (tertiary/aromatic N) is 2. The minimum atomic E-state index is 0.373. The van der Waals surface area contributed by atoms with E-state index in [9.17, 15) is 0 Å². The second kappa shape index (κ2) is 5.96. The molecule has 0 aliphatic carbocycles. The lowest BCUT2D eigenvalue weighted by Gasteiger charge is -2.12. The normalized spacial score (nSPS) is 10.3. The second-order valence-electron chi connectivity index (χ2n) is 4.11. The largest absolute Gasteiger partial charge is 0.495 e. The van der Waals surface area contributed by atoms with Crippen LogP contribution in [-0.2, 0) is 6.42 Å². The molecule has 20 heavy (non-hydrogen) atoms. The number of aromatic nitrogens is 2. The summed E-state index contributed by atoms with van der Waals surface area (Å²) in [5, 5.41) is 0. The van der Waals surface area contributed by atoms with E-state index in [-0.39, 0.29) is 0 Å². The average molecular weight is 339 g/mol. The first-order valence-corrected chi connectivity index (χ1v) is 6.61. The average Bonchev–Trinajstić information content (AvgIpc) is 2.44. The molecule has 0 fully saturated rings. The second-order valence-corrected chi connectivity index (χ2v) is 4.91. The maximum absolute atomic E-state index is 5.84. The third-order valence-corrected chi connectivity index (χ3v) is 3.68. The zero-order chi connectivity index (χ0) is 14.7. The van der Waals surface area contributed by atoms with E-state index >= 15 is 0 Å². The maximum Gasteiger partial charge on any atom is 0.137 e. The summed E-state index contributed by atoms with van der Waals surface area (Å²) in [5.74, 6) is 2.10. The lowest BCUT2D eigenvalue weighted by Crippen LogP contribution is -2.06. The first-order valence-electron chi connectivity index (χ1n) is 5.82. The molecular weight excluding hydrogens is 324 g/mol. The van der Waals surface area contributed by atoms with Crippen LogP contribution in [0.25, 0.3) is 0 Å². The zero-order valence-electron chi connectivity index (χ0n) is 11.2. The maximum atomic E-state index is 5.84. The van der Waals surface area contributed by atoms with Crippen LogP contribution in [0.15, 0.2) is 22.9 Å². The van der Waals surface area contributed by atoms with Crippen LogP contribution in [0, 0.1) is 0 Å². The minimum absolute atomic E-state index is 0.373. The molecule has 0 spiro atoms. The molecule has 0 amide bonds. The lowest BCUT2D eigenvalue weighted by molar-refractivity contribution is 0.388. The predicted molar refractivity (Wildman–Crippen MR) is 80.9 cm³/mol. The van der Waals surface area contributed by atoms with Gasteiger partial charge in [-0.2, -0.15) is 0 Å². The number of benzene rings is 1. The summed E-state index contributed by atoms with van der Waals surface area (Å²) in [5.41, 5.74) is 13.3. The van der Waals surface area contributed by atoms with Gasteiger partial charge in [0.25, 0.3) is 0 Å². The lowest BCUT2D eigenvalue weighted by atomic mass is 10.1. The highest BCUT2D eigenvalue weighted by Gasteiger charge is 2.13. The Balaban J connectivity index is 2.44. The molecule has 1 heterocycles. The molecule has 2 aromatic rings. The van der Waals surface area contributed by atoms with Gasteiger partial charge in [0.1, 0.15) is 33.9 Å². The van der Waals surface area contributed by atoms with Gasteiger partial charge in [-0.3, -0.25) is 0 Å². The van der Waals surface area contributed by atoms with Crippen molar-refractivity contribution < 1.29 is 9.47 Å². The van der Waals surface area contributed by atoms with Gasteiger partial charge < -0.3 is 20.9 Å². The Kier molecular flexibility index (Phi) is 4.29. The zero-order valence-corrected chi connectivity index (χ0v) is 12.8. The van der Waals surface area contributed by atoms with Crippen LogP contribution in [0.1, 0.15) is 11.1 Å². The van der Waals surface area contributed by atoms with Crippen molar-refractivity contribution in [3.05, 3.63) is 34.1 Å². The van der Waals surface area contributed by atoms with E-state index in [0.29, 0.717) is 35.1 Å². The SMILES string of the molecule is COc1cc(Cc2c(N)ncnc2N)cc(OC)c1Br. The van der Waals surface area contributed by atoms with E-state index in [1.165, 1.54) is 6.33 Å². The topological polar surface area (TPSA) is 96.3 Å². The summed E-state index contributed by atoms with van der Waals surface area (Å²) in [6.45, 7) is 0. The van der Waals surface area contributed by atoms with E-state index < -0.39 is 0 Å². The fourth-order valence-electron chi connectivity index (χ4n) is 1.85. The Morgan fingerprint density at radius 3 is 2.00 bits per heavy atom. The molecule has 0 saturated heterocycles. The van der Waals surface area contributed by atoms with Gasteiger partial charge in [0.15, 0.2) is 0 Å². The number of halogens is 1. The highest BCUT2D eigenvalue weighted by Crippen LogP contribution is 2.36. The van der Waals surface area contributed by atoms with Crippen LogP contribution >= 0.6 is 15.9 Å². The number of methoxy groups -OCH3 is 2. The molecule has 0 aliphatic rings. The van der Waals surface area contributed by atoms with Gasteiger partial charge in [0.2, 0.25) is 0 Å². The van der Waals surface area contributed by atoms with Crippen molar-refractivity contribution in [1.29, 1.82) is 0 Å². The third-order valence-electron chi connectivity index (χ3n) is 2.90. The molecule has 4 N–H and O–H groups in total. The summed E-state index contributed by atoms with van der Waals surface area (Å²) in [7, 11) is 3.19. The van der Waals surface area contributed by atoms with E-state index in [2.05, 4.69) is 25.9 Å². The summed E-state index contributed by atoms with van der Waals surface area (Å²) in [4.78, 5) is 7.91. The Morgan fingerprint density at radius 2 is 1.55 bits per heavy atom. The number of nitrogen functional groups attached to an aromatic ring is 2. The molecule has 1 aromatic carbocycles. The van der Waals surface area contributed by atoms with Crippen molar-refractivity contribution >= 4 is 27.6 Å². The smallest absolute Gasteiger partial charge is 0.137 e. The summed E-state index contributed by atoms with van der Waals surface area (Å²) >= 11 is 3.43. The van der Waals surface area contributed by atoms with Gasteiger partial charge in [-0.15, -0.1) is 0 Å².